The fourth-order valence-corrected chi connectivity index (χ4v) is 22.8. The maximum atomic E-state index is 7.00. The second-order valence-corrected chi connectivity index (χ2v) is 25.6. The molecule has 1 aromatic heterocycles. The molecular formula is C30H47Cl3N4Sn. The van der Waals surface area contributed by atoms with Crippen LogP contribution in [0.4, 0.5) is 17.3 Å². The van der Waals surface area contributed by atoms with Crippen LogP contribution in [0.25, 0.3) is 0 Å². The average molecular weight is 689 g/mol. The van der Waals surface area contributed by atoms with Gasteiger partial charge in [0.1, 0.15) is 0 Å². The molecule has 1 aliphatic carbocycles. The molecule has 1 N–H and O–H groups in total. The number of hydrogen-bond donors (Lipinski definition) is 1. The monoisotopic (exact) mass is 688 g/mol. The van der Waals surface area contributed by atoms with Crippen molar-refractivity contribution >= 4 is 74.1 Å². The number of nitrogens with zero attached hydrogens (tertiary/aromatic N) is 3. The van der Waals surface area contributed by atoms with Crippen LogP contribution in [-0.2, 0) is 0 Å². The Morgan fingerprint density at radius 2 is 1.42 bits per heavy atom. The SMILES string of the molecule is CCC[CH2][Sn]([CH2]CCC)([CH2]CCC)[c]1cc(Cl)c(Nc2nc(C)nc(N(CCC)CC3CC3)c2Cl)c(Cl)c1. The molecule has 4 nitrogen and oxygen atoms in total. The van der Waals surface area contributed by atoms with E-state index in [1.165, 1.54) is 68.3 Å². The minimum atomic E-state index is -2.67. The van der Waals surface area contributed by atoms with Crippen LogP contribution in [0.2, 0.25) is 28.4 Å². The van der Waals surface area contributed by atoms with E-state index in [0.717, 1.165) is 31.2 Å². The second kappa shape index (κ2) is 15.5. The van der Waals surface area contributed by atoms with E-state index in [4.69, 9.17) is 39.8 Å². The molecule has 8 heteroatoms. The van der Waals surface area contributed by atoms with Gasteiger partial charge in [0.15, 0.2) is 0 Å². The van der Waals surface area contributed by atoms with Crippen LogP contribution in [0.1, 0.15) is 91.3 Å². The number of anilines is 3. The molecule has 0 unspecified atom stereocenters. The molecule has 0 amide bonds. The van der Waals surface area contributed by atoms with Gasteiger partial charge >= 0.3 is 252 Å². The molecule has 1 heterocycles. The van der Waals surface area contributed by atoms with Gasteiger partial charge in [-0.05, 0) is 0 Å². The summed E-state index contributed by atoms with van der Waals surface area (Å²) in [6.45, 7) is 12.9. The zero-order valence-electron chi connectivity index (χ0n) is 24.1. The van der Waals surface area contributed by atoms with Crippen LogP contribution in [-0.4, -0.2) is 41.4 Å². The Balaban J connectivity index is 1.97. The number of hydrogen-bond acceptors (Lipinski definition) is 4. The first-order chi connectivity index (χ1) is 18.3. The van der Waals surface area contributed by atoms with E-state index in [-0.39, 0.29) is 0 Å². The molecule has 0 bridgehead atoms. The van der Waals surface area contributed by atoms with Gasteiger partial charge in [0.2, 0.25) is 0 Å². The topological polar surface area (TPSA) is 41.1 Å². The van der Waals surface area contributed by atoms with E-state index in [1.807, 2.05) is 6.92 Å². The van der Waals surface area contributed by atoms with Gasteiger partial charge < -0.3 is 0 Å². The van der Waals surface area contributed by atoms with Crippen molar-refractivity contribution in [1.29, 1.82) is 0 Å². The van der Waals surface area contributed by atoms with Crippen molar-refractivity contribution in [2.24, 2.45) is 5.92 Å². The predicted octanol–water partition coefficient (Wildman–Crippen LogP) is 10.2. The first-order valence-electron chi connectivity index (χ1n) is 14.8. The van der Waals surface area contributed by atoms with E-state index in [0.29, 0.717) is 32.4 Å². The summed E-state index contributed by atoms with van der Waals surface area (Å²) in [7, 11) is 0. The van der Waals surface area contributed by atoms with Gasteiger partial charge in [-0.1, -0.05) is 0 Å². The summed E-state index contributed by atoms with van der Waals surface area (Å²) < 4.78 is 5.59. The fourth-order valence-electron chi connectivity index (χ4n) is 5.47. The summed E-state index contributed by atoms with van der Waals surface area (Å²) in [5.41, 5.74) is 0.689. The van der Waals surface area contributed by atoms with Crippen molar-refractivity contribution in [2.45, 2.75) is 106 Å². The van der Waals surface area contributed by atoms with E-state index >= 15 is 0 Å². The van der Waals surface area contributed by atoms with Crippen LogP contribution in [0, 0.1) is 12.8 Å². The summed E-state index contributed by atoms with van der Waals surface area (Å²) in [6.07, 6.45) is 11.2. The number of rotatable bonds is 17. The maximum absolute atomic E-state index is 7.00. The molecule has 2 aromatic rings. The zero-order valence-corrected chi connectivity index (χ0v) is 29.2. The third-order valence-corrected chi connectivity index (χ3v) is 24.3. The average Bonchev–Trinajstić information content (AvgIpc) is 3.71. The van der Waals surface area contributed by atoms with Crippen molar-refractivity contribution < 1.29 is 0 Å². The summed E-state index contributed by atoms with van der Waals surface area (Å²) in [5.74, 6) is 2.79. The Labute approximate surface area is 250 Å². The molecule has 1 aromatic carbocycles. The van der Waals surface area contributed by atoms with Crippen LogP contribution in [0.3, 0.4) is 0 Å². The Kier molecular flexibility index (Phi) is 13.1. The van der Waals surface area contributed by atoms with Crippen molar-refractivity contribution in [3.05, 3.63) is 33.0 Å². The van der Waals surface area contributed by atoms with Gasteiger partial charge in [-0.25, -0.2) is 0 Å². The number of aryl methyl sites for hydroxylation is 1. The van der Waals surface area contributed by atoms with Crippen LogP contribution in [0.15, 0.2) is 12.1 Å². The Bertz CT molecular complexity index is 1000. The number of aromatic nitrogens is 2. The van der Waals surface area contributed by atoms with Crippen LogP contribution in [0.5, 0.6) is 0 Å². The molecule has 38 heavy (non-hydrogen) atoms. The number of benzene rings is 1. The van der Waals surface area contributed by atoms with Gasteiger partial charge in [-0.15, -0.1) is 0 Å². The van der Waals surface area contributed by atoms with Crippen LogP contribution < -0.4 is 13.8 Å². The molecule has 3 rings (SSSR count). The number of unbranched alkanes of at least 4 members (excludes halogenated alkanes) is 3. The Morgan fingerprint density at radius 1 is 0.868 bits per heavy atom. The van der Waals surface area contributed by atoms with Crippen LogP contribution >= 0.6 is 34.8 Å². The molecule has 212 valence electrons. The van der Waals surface area contributed by atoms with E-state index in [9.17, 15) is 0 Å². The van der Waals surface area contributed by atoms with Crippen molar-refractivity contribution in [1.82, 2.24) is 9.97 Å². The quantitative estimate of drug-likeness (QED) is 0.168. The molecule has 1 fully saturated rings. The Hall–Kier alpha value is -0.431. The minimum absolute atomic E-state index is 0.531. The molecule has 1 aliphatic rings. The first-order valence-corrected chi connectivity index (χ1v) is 23.5. The standard InChI is InChI=1S/C18H20Cl3N4.3C4H9.Sn/c1-3-9-25(10-12-7-8-12)18-15(21)17(22-11(2)23-18)24-16-13(19)5-4-6-14(16)20;3*1-3-4-2;/h5-6,12H,3,7-10H2,1-2H3,(H,22,23,24);3*1,3-4H2,2H3;. The molecule has 0 saturated heterocycles. The van der Waals surface area contributed by atoms with Crippen molar-refractivity contribution in [2.75, 3.05) is 23.3 Å². The third kappa shape index (κ3) is 8.54. The zero-order chi connectivity index (χ0) is 27.7. The van der Waals surface area contributed by atoms with E-state index in [2.05, 4.69) is 55.0 Å². The summed E-state index contributed by atoms with van der Waals surface area (Å²) >= 11 is 18.3. The van der Waals surface area contributed by atoms with Gasteiger partial charge in [0, 0.05) is 0 Å². The van der Waals surface area contributed by atoms with Gasteiger partial charge in [-0.3, -0.25) is 0 Å². The molecule has 0 aliphatic heterocycles. The second-order valence-electron chi connectivity index (χ2n) is 11.2. The normalized spacial score (nSPS) is 13.7. The fraction of sp³-hybridized carbons (Fsp3) is 0.667. The van der Waals surface area contributed by atoms with Gasteiger partial charge in [0.25, 0.3) is 0 Å². The van der Waals surface area contributed by atoms with Gasteiger partial charge in [0.05, 0.1) is 0 Å². The summed E-state index contributed by atoms with van der Waals surface area (Å²) in [5, 5.41) is 5.27. The van der Waals surface area contributed by atoms with Crippen molar-refractivity contribution in [3.8, 4) is 0 Å². The predicted molar refractivity (Wildman–Crippen MR) is 171 cm³/mol. The molecule has 0 spiro atoms. The number of halogens is 3. The van der Waals surface area contributed by atoms with Gasteiger partial charge in [-0.2, -0.15) is 0 Å². The third-order valence-electron chi connectivity index (χ3n) is 7.84. The Morgan fingerprint density at radius 3 is 1.89 bits per heavy atom. The molecular weight excluding hydrogens is 641 g/mol. The first kappa shape index (κ1) is 32.1. The van der Waals surface area contributed by atoms with E-state index < -0.39 is 18.4 Å². The summed E-state index contributed by atoms with van der Waals surface area (Å²) in [6, 6.07) is 4.46. The number of nitrogens with one attached hydrogen (secondary N) is 1. The van der Waals surface area contributed by atoms with E-state index in [1.54, 1.807) is 0 Å². The molecule has 1 saturated carbocycles. The molecule has 0 radical (unpaired) electrons. The summed E-state index contributed by atoms with van der Waals surface area (Å²) in [4.78, 5) is 11.7. The molecule has 0 atom stereocenters. The van der Waals surface area contributed by atoms with Crippen molar-refractivity contribution in [3.63, 3.8) is 0 Å².